The Morgan fingerprint density at radius 3 is 2.93 bits per heavy atom. The minimum atomic E-state index is -0.476. The van der Waals surface area contributed by atoms with E-state index in [4.69, 9.17) is 5.73 Å². The average Bonchev–Trinajstić information content (AvgIpc) is 2.71. The fourth-order valence-corrected chi connectivity index (χ4v) is 1.73. The summed E-state index contributed by atoms with van der Waals surface area (Å²) in [4.78, 5) is 14.8. The molecule has 4 heteroatoms. The molecule has 1 amide bonds. The first-order valence-electron chi connectivity index (χ1n) is 4.76. The number of nitrogens with two attached hydrogens (primary N) is 1. The lowest BCUT2D eigenvalue weighted by atomic mass is 10.1. The molecule has 2 rings (SSSR count). The van der Waals surface area contributed by atoms with Crippen molar-refractivity contribution in [2.75, 3.05) is 6.54 Å². The number of amides is 1. The van der Waals surface area contributed by atoms with Crippen LogP contribution in [0.1, 0.15) is 34.9 Å². The summed E-state index contributed by atoms with van der Waals surface area (Å²) in [6.07, 6.45) is 4.06. The first-order valence-corrected chi connectivity index (χ1v) is 4.76. The Bertz CT molecular complexity index is 328. The SMILES string of the molecule is NC(=O)c1ccc(C2CCCN2)cn1. The maximum atomic E-state index is 10.8. The van der Waals surface area contributed by atoms with Gasteiger partial charge in [-0.2, -0.15) is 0 Å². The van der Waals surface area contributed by atoms with Crippen LogP contribution >= 0.6 is 0 Å². The van der Waals surface area contributed by atoms with Gasteiger partial charge in [0.05, 0.1) is 0 Å². The predicted molar refractivity (Wildman–Crippen MR) is 52.7 cm³/mol. The highest BCUT2D eigenvalue weighted by Gasteiger charge is 2.16. The van der Waals surface area contributed by atoms with E-state index in [2.05, 4.69) is 10.3 Å². The van der Waals surface area contributed by atoms with E-state index in [1.54, 1.807) is 12.3 Å². The van der Waals surface area contributed by atoms with Gasteiger partial charge in [0.15, 0.2) is 0 Å². The maximum Gasteiger partial charge on any atom is 0.267 e. The van der Waals surface area contributed by atoms with Gasteiger partial charge < -0.3 is 11.1 Å². The van der Waals surface area contributed by atoms with E-state index in [0.717, 1.165) is 18.5 Å². The van der Waals surface area contributed by atoms with Crippen LogP contribution in [0.25, 0.3) is 0 Å². The minimum Gasteiger partial charge on any atom is -0.364 e. The second-order valence-corrected chi connectivity index (χ2v) is 3.49. The van der Waals surface area contributed by atoms with Crippen molar-refractivity contribution in [2.24, 2.45) is 5.73 Å². The van der Waals surface area contributed by atoms with Crippen molar-refractivity contribution in [3.63, 3.8) is 0 Å². The van der Waals surface area contributed by atoms with Crippen molar-refractivity contribution in [1.29, 1.82) is 0 Å². The third-order valence-corrected chi connectivity index (χ3v) is 2.50. The Morgan fingerprint density at radius 1 is 1.57 bits per heavy atom. The normalized spacial score (nSPS) is 21.0. The van der Waals surface area contributed by atoms with Crippen molar-refractivity contribution < 1.29 is 4.79 Å². The van der Waals surface area contributed by atoms with Crippen molar-refractivity contribution in [3.8, 4) is 0 Å². The molecule has 1 aromatic rings. The zero-order valence-corrected chi connectivity index (χ0v) is 7.86. The standard InChI is InChI=1S/C10H13N3O/c11-10(14)9-4-3-7(6-13-9)8-2-1-5-12-8/h3-4,6,8,12H,1-2,5H2,(H2,11,14). The van der Waals surface area contributed by atoms with Crippen LogP contribution < -0.4 is 11.1 Å². The van der Waals surface area contributed by atoms with Crippen LogP contribution in [0.3, 0.4) is 0 Å². The summed E-state index contributed by atoms with van der Waals surface area (Å²) in [7, 11) is 0. The molecule has 1 fully saturated rings. The van der Waals surface area contributed by atoms with Gasteiger partial charge in [-0.3, -0.25) is 9.78 Å². The first-order chi connectivity index (χ1) is 6.77. The molecule has 0 aromatic carbocycles. The molecule has 0 saturated carbocycles. The Hall–Kier alpha value is -1.42. The molecule has 74 valence electrons. The lowest BCUT2D eigenvalue weighted by molar-refractivity contribution is 0.0995. The van der Waals surface area contributed by atoms with Crippen molar-refractivity contribution in [1.82, 2.24) is 10.3 Å². The molecule has 1 aromatic heterocycles. The molecule has 2 heterocycles. The summed E-state index contributed by atoms with van der Waals surface area (Å²) in [5.41, 5.74) is 6.56. The molecule has 1 unspecified atom stereocenters. The highest BCUT2D eigenvalue weighted by Crippen LogP contribution is 2.21. The zero-order chi connectivity index (χ0) is 9.97. The number of primary amides is 1. The minimum absolute atomic E-state index is 0.326. The molecular formula is C10H13N3O. The van der Waals surface area contributed by atoms with Crippen LogP contribution in [0.5, 0.6) is 0 Å². The molecule has 4 nitrogen and oxygen atoms in total. The largest absolute Gasteiger partial charge is 0.364 e. The summed E-state index contributed by atoms with van der Waals surface area (Å²) in [6, 6.07) is 3.98. The van der Waals surface area contributed by atoms with E-state index in [1.165, 1.54) is 6.42 Å². The van der Waals surface area contributed by atoms with E-state index in [0.29, 0.717) is 11.7 Å². The van der Waals surface area contributed by atoms with E-state index in [9.17, 15) is 4.79 Å². The fraction of sp³-hybridized carbons (Fsp3) is 0.400. The quantitative estimate of drug-likeness (QED) is 0.719. The highest BCUT2D eigenvalue weighted by molar-refractivity contribution is 5.90. The Labute approximate surface area is 82.5 Å². The summed E-state index contributed by atoms with van der Waals surface area (Å²) >= 11 is 0. The summed E-state index contributed by atoms with van der Waals surface area (Å²) in [6.45, 7) is 1.06. The molecular weight excluding hydrogens is 178 g/mol. The molecule has 0 bridgehead atoms. The number of hydrogen-bond acceptors (Lipinski definition) is 3. The first kappa shape index (κ1) is 9.15. The predicted octanol–water partition coefficient (Wildman–Crippen LogP) is 0.605. The Balaban J connectivity index is 2.16. The molecule has 1 aliphatic rings. The third-order valence-electron chi connectivity index (χ3n) is 2.50. The second-order valence-electron chi connectivity index (χ2n) is 3.49. The maximum absolute atomic E-state index is 10.8. The molecule has 3 N–H and O–H groups in total. The molecule has 1 saturated heterocycles. The lowest BCUT2D eigenvalue weighted by Gasteiger charge is -2.09. The van der Waals surface area contributed by atoms with Crippen LogP contribution in [0.2, 0.25) is 0 Å². The van der Waals surface area contributed by atoms with Crippen LogP contribution in [-0.4, -0.2) is 17.4 Å². The number of carbonyl (C=O) groups excluding carboxylic acids is 1. The van der Waals surface area contributed by atoms with Crippen LogP contribution in [-0.2, 0) is 0 Å². The summed E-state index contributed by atoms with van der Waals surface area (Å²) in [5, 5.41) is 3.37. The van der Waals surface area contributed by atoms with Crippen LogP contribution in [0.15, 0.2) is 18.3 Å². The molecule has 1 aliphatic heterocycles. The number of hydrogen-bond donors (Lipinski definition) is 2. The van der Waals surface area contributed by atoms with Gasteiger partial charge in [0.2, 0.25) is 0 Å². The summed E-state index contributed by atoms with van der Waals surface area (Å²) in [5.74, 6) is -0.476. The average molecular weight is 191 g/mol. The molecule has 0 spiro atoms. The van der Waals surface area contributed by atoms with Gasteiger partial charge in [-0.15, -0.1) is 0 Å². The van der Waals surface area contributed by atoms with Gasteiger partial charge >= 0.3 is 0 Å². The van der Waals surface area contributed by atoms with Gasteiger partial charge in [0.1, 0.15) is 5.69 Å². The molecule has 0 aliphatic carbocycles. The van der Waals surface area contributed by atoms with Gasteiger partial charge in [0.25, 0.3) is 5.91 Å². The zero-order valence-electron chi connectivity index (χ0n) is 7.86. The Kier molecular flexibility index (Phi) is 2.45. The monoisotopic (exact) mass is 191 g/mol. The third kappa shape index (κ3) is 1.75. The van der Waals surface area contributed by atoms with Crippen LogP contribution in [0.4, 0.5) is 0 Å². The smallest absolute Gasteiger partial charge is 0.267 e. The number of rotatable bonds is 2. The van der Waals surface area contributed by atoms with Gasteiger partial charge in [-0.25, -0.2) is 0 Å². The Morgan fingerprint density at radius 2 is 2.43 bits per heavy atom. The van der Waals surface area contributed by atoms with E-state index < -0.39 is 5.91 Å². The highest BCUT2D eigenvalue weighted by atomic mass is 16.1. The topological polar surface area (TPSA) is 68.0 Å². The van der Waals surface area contributed by atoms with Crippen molar-refractivity contribution in [2.45, 2.75) is 18.9 Å². The lowest BCUT2D eigenvalue weighted by Crippen LogP contribution is -2.15. The molecule has 1 atom stereocenters. The number of aromatic nitrogens is 1. The molecule has 14 heavy (non-hydrogen) atoms. The van der Waals surface area contributed by atoms with E-state index >= 15 is 0 Å². The summed E-state index contributed by atoms with van der Waals surface area (Å²) < 4.78 is 0. The molecule has 0 radical (unpaired) electrons. The van der Waals surface area contributed by atoms with E-state index in [1.807, 2.05) is 6.07 Å². The van der Waals surface area contributed by atoms with E-state index in [-0.39, 0.29) is 0 Å². The number of nitrogens with one attached hydrogen (secondary N) is 1. The fourth-order valence-electron chi connectivity index (χ4n) is 1.73. The second kappa shape index (κ2) is 3.75. The van der Waals surface area contributed by atoms with Gasteiger partial charge in [-0.05, 0) is 31.0 Å². The number of nitrogens with zero attached hydrogens (tertiary/aromatic N) is 1. The number of carbonyl (C=O) groups is 1. The van der Waals surface area contributed by atoms with Crippen molar-refractivity contribution >= 4 is 5.91 Å². The van der Waals surface area contributed by atoms with Crippen molar-refractivity contribution in [3.05, 3.63) is 29.6 Å². The van der Waals surface area contributed by atoms with Gasteiger partial charge in [-0.1, -0.05) is 6.07 Å². The van der Waals surface area contributed by atoms with Crippen LogP contribution in [0, 0.1) is 0 Å². The number of pyridine rings is 1. The van der Waals surface area contributed by atoms with Gasteiger partial charge in [0, 0.05) is 12.2 Å².